The fourth-order valence-electron chi connectivity index (χ4n) is 1.70. The molecule has 4 heteroatoms. The molecule has 20 heavy (non-hydrogen) atoms. The number of halogens is 1. The topological polar surface area (TPSA) is 46.5 Å². The van der Waals surface area contributed by atoms with E-state index in [2.05, 4.69) is 0 Å². The molecule has 0 heterocycles. The highest BCUT2D eigenvalue weighted by atomic mass is 35.5. The molecule has 0 atom stereocenters. The summed E-state index contributed by atoms with van der Waals surface area (Å²) in [6, 6.07) is 12.6. The zero-order chi connectivity index (χ0) is 14.5. The number of carbonyl (C=O) groups is 1. The van der Waals surface area contributed by atoms with Crippen molar-refractivity contribution in [3.05, 3.63) is 64.7 Å². The molecule has 0 aromatic heterocycles. The summed E-state index contributed by atoms with van der Waals surface area (Å²) in [5, 5.41) is 9.27. The van der Waals surface area contributed by atoms with Crippen LogP contribution in [0.15, 0.2) is 48.5 Å². The summed E-state index contributed by atoms with van der Waals surface area (Å²) in [7, 11) is 0. The van der Waals surface area contributed by atoms with Crippen LogP contribution in [0.5, 0.6) is 11.5 Å². The molecule has 2 rings (SSSR count). The number of hydrogen-bond donors (Lipinski definition) is 1. The van der Waals surface area contributed by atoms with Gasteiger partial charge in [0.05, 0.1) is 0 Å². The summed E-state index contributed by atoms with van der Waals surface area (Å²) < 4.78 is 5.70. The highest BCUT2D eigenvalue weighted by molar-refractivity contribution is 6.30. The van der Waals surface area contributed by atoms with E-state index in [-0.39, 0.29) is 0 Å². The van der Waals surface area contributed by atoms with Crippen molar-refractivity contribution in [3.8, 4) is 11.5 Å². The minimum absolute atomic E-state index is 0.655. The van der Waals surface area contributed by atoms with E-state index >= 15 is 0 Å². The van der Waals surface area contributed by atoms with Crippen LogP contribution in [0.3, 0.4) is 0 Å². The molecule has 0 aliphatic rings. The first kappa shape index (κ1) is 14.2. The van der Waals surface area contributed by atoms with Crippen LogP contribution >= 0.6 is 11.6 Å². The van der Waals surface area contributed by atoms with Crippen LogP contribution in [0.1, 0.15) is 11.1 Å². The molecule has 1 N–H and O–H groups in total. The summed E-state index contributed by atoms with van der Waals surface area (Å²) in [6.07, 6.45) is 2.67. The predicted molar refractivity (Wildman–Crippen MR) is 79.4 cm³/mol. The molecule has 0 aliphatic heterocycles. The van der Waals surface area contributed by atoms with Crippen molar-refractivity contribution in [1.29, 1.82) is 0 Å². The minimum Gasteiger partial charge on any atom is -0.478 e. The third-order valence-electron chi connectivity index (χ3n) is 2.70. The number of carboxylic acids is 1. The van der Waals surface area contributed by atoms with Crippen LogP contribution < -0.4 is 4.74 Å². The van der Waals surface area contributed by atoms with Crippen LogP contribution in [0, 0.1) is 6.92 Å². The summed E-state index contributed by atoms with van der Waals surface area (Å²) in [6.45, 7) is 1.90. The van der Waals surface area contributed by atoms with E-state index in [1.165, 1.54) is 0 Å². The Balaban J connectivity index is 2.16. The normalized spacial score (nSPS) is 10.7. The van der Waals surface area contributed by atoms with Gasteiger partial charge in [-0.1, -0.05) is 17.7 Å². The summed E-state index contributed by atoms with van der Waals surface area (Å²) in [5.74, 6) is 0.422. The maximum absolute atomic E-state index is 10.5. The zero-order valence-corrected chi connectivity index (χ0v) is 11.6. The highest BCUT2D eigenvalue weighted by Gasteiger charge is 2.01. The quantitative estimate of drug-likeness (QED) is 0.840. The lowest BCUT2D eigenvalue weighted by Crippen LogP contribution is -1.89. The van der Waals surface area contributed by atoms with Crippen LogP contribution in [0.4, 0.5) is 0 Å². The smallest absolute Gasteiger partial charge is 0.328 e. The van der Waals surface area contributed by atoms with E-state index in [1.54, 1.807) is 36.4 Å². The number of ether oxygens (including phenoxy) is 1. The van der Waals surface area contributed by atoms with E-state index in [0.717, 1.165) is 17.2 Å². The average Bonchev–Trinajstić information content (AvgIpc) is 2.40. The van der Waals surface area contributed by atoms with E-state index in [1.807, 2.05) is 19.1 Å². The summed E-state index contributed by atoms with van der Waals surface area (Å²) >= 11 is 5.81. The number of aryl methyl sites for hydroxylation is 1. The Kier molecular flexibility index (Phi) is 4.43. The standard InChI is InChI=1S/C16H13ClO3/c1-11-10-15(6-2-12(11)3-9-16(18)19)20-14-7-4-13(17)5-8-14/h2-10H,1H3,(H,18,19). The number of rotatable bonds is 4. The van der Waals surface area contributed by atoms with Gasteiger partial charge in [-0.2, -0.15) is 0 Å². The van der Waals surface area contributed by atoms with Gasteiger partial charge in [0.2, 0.25) is 0 Å². The third-order valence-corrected chi connectivity index (χ3v) is 2.95. The molecule has 0 radical (unpaired) electrons. The van der Waals surface area contributed by atoms with Gasteiger partial charge in [-0.3, -0.25) is 0 Å². The lowest BCUT2D eigenvalue weighted by atomic mass is 10.1. The van der Waals surface area contributed by atoms with Crippen molar-refractivity contribution < 1.29 is 14.6 Å². The van der Waals surface area contributed by atoms with Crippen LogP contribution in [-0.4, -0.2) is 11.1 Å². The molecule has 3 nitrogen and oxygen atoms in total. The lowest BCUT2D eigenvalue weighted by molar-refractivity contribution is -0.131. The molecule has 0 bridgehead atoms. The van der Waals surface area contributed by atoms with Gasteiger partial charge < -0.3 is 9.84 Å². The van der Waals surface area contributed by atoms with Gasteiger partial charge in [0.15, 0.2) is 0 Å². The van der Waals surface area contributed by atoms with Crippen molar-refractivity contribution in [2.75, 3.05) is 0 Å². The van der Waals surface area contributed by atoms with Gasteiger partial charge in [0, 0.05) is 11.1 Å². The second kappa shape index (κ2) is 6.26. The van der Waals surface area contributed by atoms with Crippen molar-refractivity contribution in [2.24, 2.45) is 0 Å². The molecule has 0 saturated carbocycles. The van der Waals surface area contributed by atoms with Crippen molar-refractivity contribution in [2.45, 2.75) is 6.92 Å². The average molecular weight is 289 g/mol. The fraction of sp³-hybridized carbons (Fsp3) is 0.0625. The Labute approximate surface area is 122 Å². The maximum Gasteiger partial charge on any atom is 0.328 e. The Hall–Kier alpha value is -2.26. The Morgan fingerprint density at radius 1 is 1.15 bits per heavy atom. The van der Waals surface area contributed by atoms with Gasteiger partial charge in [-0.05, 0) is 60.5 Å². The molecule has 0 spiro atoms. The fourth-order valence-corrected chi connectivity index (χ4v) is 1.82. The van der Waals surface area contributed by atoms with Crippen LogP contribution in [-0.2, 0) is 4.79 Å². The first-order valence-electron chi connectivity index (χ1n) is 6.00. The second-order valence-electron chi connectivity index (χ2n) is 4.25. The SMILES string of the molecule is Cc1cc(Oc2ccc(Cl)cc2)ccc1C=CC(=O)O. The largest absolute Gasteiger partial charge is 0.478 e. The van der Waals surface area contributed by atoms with E-state index in [4.69, 9.17) is 21.4 Å². The highest BCUT2D eigenvalue weighted by Crippen LogP contribution is 2.25. The molecule has 2 aromatic carbocycles. The molecule has 0 unspecified atom stereocenters. The zero-order valence-electron chi connectivity index (χ0n) is 10.8. The Morgan fingerprint density at radius 3 is 2.40 bits per heavy atom. The number of benzene rings is 2. The van der Waals surface area contributed by atoms with Crippen LogP contribution in [0.25, 0.3) is 6.08 Å². The Morgan fingerprint density at radius 2 is 1.80 bits per heavy atom. The van der Waals surface area contributed by atoms with Gasteiger partial charge in [-0.25, -0.2) is 4.79 Å². The van der Waals surface area contributed by atoms with Crippen molar-refractivity contribution >= 4 is 23.6 Å². The number of aliphatic carboxylic acids is 1. The first-order valence-corrected chi connectivity index (χ1v) is 6.37. The second-order valence-corrected chi connectivity index (χ2v) is 4.68. The van der Waals surface area contributed by atoms with Gasteiger partial charge in [0.1, 0.15) is 11.5 Å². The monoisotopic (exact) mass is 288 g/mol. The first-order chi connectivity index (χ1) is 9.54. The summed E-state index contributed by atoms with van der Waals surface area (Å²) in [5.41, 5.74) is 1.78. The van der Waals surface area contributed by atoms with Crippen molar-refractivity contribution in [3.63, 3.8) is 0 Å². The number of hydrogen-bond acceptors (Lipinski definition) is 2. The van der Waals surface area contributed by atoms with Gasteiger partial charge in [0.25, 0.3) is 0 Å². The molecular formula is C16H13ClO3. The minimum atomic E-state index is -0.967. The molecule has 0 fully saturated rings. The van der Waals surface area contributed by atoms with Gasteiger partial charge in [-0.15, -0.1) is 0 Å². The molecule has 2 aromatic rings. The maximum atomic E-state index is 10.5. The molecule has 102 valence electrons. The van der Waals surface area contributed by atoms with E-state index in [0.29, 0.717) is 16.5 Å². The van der Waals surface area contributed by atoms with Gasteiger partial charge >= 0.3 is 5.97 Å². The van der Waals surface area contributed by atoms with Crippen LogP contribution in [0.2, 0.25) is 5.02 Å². The lowest BCUT2D eigenvalue weighted by Gasteiger charge is -2.08. The molecule has 0 saturated heterocycles. The molecular weight excluding hydrogens is 276 g/mol. The number of carboxylic acid groups (broad SMARTS) is 1. The molecule has 0 amide bonds. The van der Waals surface area contributed by atoms with Crippen molar-refractivity contribution in [1.82, 2.24) is 0 Å². The molecule has 0 aliphatic carbocycles. The predicted octanol–water partition coefficient (Wildman–Crippen LogP) is 4.54. The summed E-state index contributed by atoms with van der Waals surface area (Å²) in [4.78, 5) is 10.5. The Bertz CT molecular complexity index is 645. The third kappa shape index (κ3) is 3.87. The van der Waals surface area contributed by atoms with E-state index < -0.39 is 5.97 Å². The van der Waals surface area contributed by atoms with E-state index in [9.17, 15) is 4.79 Å².